The number of nitrogens with two attached hydrogens (primary N) is 1. The summed E-state index contributed by atoms with van der Waals surface area (Å²) in [5.74, 6) is 0. The maximum Gasteiger partial charge on any atom is 0.390 e. The van der Waals surface area contributed by atoms with E-state index in [1.807, 2.05) is 0 Å². The van der Waals surface area contributed by atoms with E-state index in [2.05, 4.69) is 15.9 Å². The fourth-order valence-electron chi connectivity index (χ4n) is 1.00. The topological polar surface area (TPSA) is 48.0 Å². The smallest absolute Gasteiger partial charge is 0.390 e. The first-order valence-corrected chi connectivity index (χ1v) is 4.81. The second-order valence-electron chi connectivity index (χ2n) is 2.99. The number of hydrogen-bond donors (Lipinski definition) is 1. The minimum absolute atomic E-state index is 0.0773. The van der Waals surface area contributed by atoms with Gasteiger partial charge in [0.1, 0.15) is 0 Å². The number of pyridine rings is 1. The molecule has 1 rings (SSSR count). The number of aromatic nitrogens is 1. The summed E-state index contributed by atoms with van der Waals surface area (Å²) in [4.78, 5) is 11.1. The summed E-state index contributed by atoms with van der Waals surface area (Å²) < 4.78 is 37.1. The lowest BCUT2D eigenvalue weighted by Crippen LogP contribution is -2.16. The Balaban J connectivity index is 2.84. The van der Waals surface area contributed by atoms with Crippen LogP contribution in [0.5, 0.6) is 0 Å². The molecule has 0 bridgehead atoms. The second-order valence-corrected chi connectivity index (χ2v) is 3.85. The van der Waals surface area contributed by atoms with Gasteiger partial charge in [0.25, 0.3) is 0 Å². The number of anilines is 1. The van der Waals surface area contributed by atoms with Gasteiger partial charge in [-0.15, -0.1) is 0 Å². The molecule has 3 nitrogen and oxygen atoms in total. The number of rotatable bonds is 2. The zero-order valence-corrected chi connectivity index (χ0v) is 9.10. The van der Waals surface area contributed by atoms with Crippen molar-refractivity contribution >= 4 is 21.6 Å². The highest BCUT2D eigenvalue weighted by Crippen LogP contribution is 2.20. The summed E-state index contributed by atoms with van der Waals surface area (Å²) in [6.07, 6.45) is -2.70. The van der Waals surface area contributed by atoms with E-state index in [1.165, 1.54) is 17.0 Å². The Labute approximate surface area is 91.8 Å². The molecule has 0 unspecified atom stereocenters. The van der Waals surface area contributed by atoms with Crippen molar-refractivity contribution in [1.29, 1.82) is 0 Å². The fourth-order valence-corrected chi connectivity index (χ4v) is 1.49. The summed E-state index contributed by atoms with van der Waals surface area (Å²) in [6.45, 7) is -0.257. The third-order valence-electron chi connectivity index (χ3n) is 1.72. The molecule has 7 heteroatoms. The quantitative estimate of drug-likeness (QED) is 0.905. The zero-order valence-electron chi connectivity index (χ0n) is 7.51. The minimum Gasteiger partial charge on any atom is -0.394 e. The lowest BCUT2D eigenvalue weighted by atomic mass is 10.3. The van der Waals surface area contributed by atoms with Crippen LogP contribution < -0.4 is 11.2 Å². The molecule has 2 N–H and O–H groups in total. The number of hydrogen-bond acceptors (Lipinski definition) is 2. The van der Waals surface area contributed by atoms with Gasteiger partial charge in [0.15, 0.2) is 0 Å². The van der Waals surface area contributed by atoms with E-state index in [9.17, 15) is 18.0 Å². The van der Waals surface area contributed by atoms with Crippen LogP contribution >= 0.6 is 15.9 Å². The van der Waals surface area contributed by atoms with Crippen LogP contribution in [0.2, 0.25) is 0 Å². The molecule has 0 saturated heterocycles. The van der Waals surface area contributed by atoms with E-state index in [1.54, 1.807) is 0 Å². The van der Waals surface area contributed by atoms with E-state index in [-0.39, 0.29) is 16.7 Å². The molecule has 0 aromatic carbocycles. The van der Waals surface area contributed by atoms with Gasteiger partial charge in [0.05, 0.1) is 16.6 Å². The summed E-state index contributed by atoms with van der Waals surface area (Å²) in [5.41, 5.74) is 4.82. The first kappa shape index (κ1) is 12.1. The van der Waals surface area contributed by atoms with Crippen LogP contribution in [-0.4, -0.2) is 10.7 Å². The van der Waals surface area contributed by atoms with Gasteiger partial charge >= 0.3 is 6.18 Å². The standard InChI is InChI=1S/C8H8BrF3N2O/c9-5-3-14(2-1-8(10,11)12)4-6(13)7(5)15/h3-4H,1-2,13H2. The predicted octanol–water partition coefficient (Wildman–Crippen LogP) is 2.15. The van der Waals surface area contributed by atoms with Gasteiger partial charge < -0.3 is 10.3 Å². The third kappa shape index (κ3) is 3.58. The van der Waals surface area contributed by atoms with Crippen LogP contribution in [0.3, 0.4) is 0 Å². The Morgan fingerprint density at radius 1 is 1.40 bits per heavy atom. The molecule has 1 heterocycles. The maximum absolute atomic E-state index is 11.9. The first-order chi connectivity index (χ1) is 6.79. The van der Waals surface area contributed by atoms with Gasteiger partial charge in [-0.3, -0.25) is 4.79 Å². The van der Waals surface area contributed by atoms with E-state index >= 15 is 0 Å². The number of nitrogens with zero attached hydrogens (tertiary/aromatic N) is 1. The normalized spacial score (nSPS) is 11.7. The number of alkyl halides is 3. The molecule has 0 saturated carbocycles. The second kappa shape index (κ2) is 4.26. The molecule has 15 heavy (non-hydrogen) atoms. The minimum atomic E-state index is -4.22. The molecule has 0 aliphatic rings. The van der Waals surface area contributed by atoms with Gasteiger partial charge in [0, 0.05) is 18.9 Å². The average Bonchev–Trinajstić information content (AvgIpc) is 2.09. The van der Waals surface area contributed by atoms with Crippen LogP contribution in [0.4, 0.5) is 18.9 Å². The SMILES string of the molecule is Nc1cn(CCC(F)(F)F)cc(Br)c1=O. The monoisotopic (exact) mass is 284 g/mol. The van der Waals surface area contributed by atoms with E-state index in [4.69, 9.17) is 5.73 Å². The molecule has 0 spiro atoms. The molecule has 84 valence electrons. The van der Waals surface area contributed by atoms with E-state index in [0.717, 1.165) is 0 Å². The molecular weight excluding hydrogens is 277 g/mol. The van der Waals surface area contributed by atoms with Gasteiger partial charge in [-0.1, -0.05) is 0 Å². The molecule has 1 aromatic rings. The highest BCUT2D eigenvalue weighted by atomic mass is 79.9. The van der Waals surface area contributed by atoms with Gasteiger partial charge in [-0.05, 0) is 15.9 Å². The van der Waals surface area contributed by atoms with Gasteiger partial charge in [0.2, 0.25) is 5.43 Å². The van der Waals surface area contributed by atoms with Crippen LogP contribution in [0.25, 0.3) is 0 Å². The first-order valence-electron chi connectivity index (χ1n) is 4.01. The van der Waals surface area contributed by atoms with Crippen molar-refractivity contribution in [3.05, 3.63) is 27.1 Å². The van der Waals surface area contributed by atoms with Crippen LogP contribution in [0.15, 0.2) is 21.7 Å². The van der Waals surface area contributed by atoms with E-state index < -0.39 is 18.0 Å². The van der Waals surface area contributed by atoms with Crippen molar-refractivity contribution in [3.8, 4) is 0 Å². The summed E-state index contributed by atoms with van der Waals surface area (Å²) in [7, 11) is 0. The molecule has 0 fully saturated rings. The Morgan fingerprint density at radius 3 is 2.47 bits per heavy atom. The van der Waals surface area contributed by atoms with Crippen molar-refractivity contribution in [2.24, 2.45) is 0 Å². The Morgan fingerprint density at radius 2 is 2.00 bits per heavy atom. The Bertz CT molecular complexity index is 387. The maximum atomic E-state index is 11.9. The average molecular weight is 285 g/mol. The lowest BCUT2D eigenvalue weighted by molar-refractivity contribution is -0.136. The predicted molar refractivity (Wildman–Crippen MR) is 53.5 cm³/mol. The zero-order chi connectivity index (χ0) is 11.6. The third-order valence-corrected chi connectivity index (χ3v) is 2.28. The number of halogens is 4. The molecule has 1 aromatic heterocycles. The molecule has 0 aliphatic carbocycles. The molecule has 0 amide bonds. The van der Waals surface area contributed by atoms with Gasteiger partial charge in [-0.25, -0.2) is 0 Å². The van der Waals surface area contributed by atoms with Crippen LogP contribution in [-0.2, 0) is 6.54 Å². The van der Waals surface area contributed by atoms with Crippen LogP contribution in [0.1, 0.15) is 6.42 Å². The van der Waals surface area contributed by atoms with Crippen molar-refractivity contribution < 1.29 is 13.2 Å². The van der Waals surface area contributed by atoms with Gasteiger partial charge in [-0.2, -0.15) is 13.2 Å². The highest BCUT2D eigenvalue weighted by molar-refractivity contribution is 9.10. The van der Waals surface area contributed by atoms with Crippen molar-refractivity contribution in [2.45, 2.75) is 19.1 Å². The molecular formula is C8H8BrF3N2O. The molecule has 0 atom stereocenters. The summed E-state index contributed by atoms with van der Waals surface area (Å²) in [5, 5.41) is 0. The lowest BCUT2D eigenvalue weighted by Gasteiger charge is -2.10. The summed E-state index contributed by atoms with van der Waals surface area (Å²) in [6, 6.07) is 0. The summed E-state index contributed by atoms with van der Waals surface area (Å²) >= 11 is 2.92. The van der Waals surface area contributed by atoms with Crippen molar-refractivity contribution in [2.75, 3.05) is 5.73 Å². The van der Waals surface area contributed by atoms with Crippen molar-refractivity contribution in [3.63, 3.8) is 0 Å². The Kier molecular flexibility index (Phi) is 3.43. The van der Waals surface area contributed by atoms with E-state index in [0.29, 0.717) is 0 Å². The molecule has 0 aliphatic heterocycles. The van der Waals surface area contributed by atoms with Crippen LogP contribution in [0, 0.1) is 0 Å². The fraction of sp³-hybridized carbons (Fsp3) is 0.375. The van der Waals surface area contributed by atoms with Crippen molar-refractivity contribution in [1.82, 2.24) is 4.57 Å². The molecule has 0 radical (unpaired) electrons. The highest BCUT2D eigenvalue weighted by Gasteiger charge is 2.26. The largest absolute Gasteiger partial charge is 0.394 e. The number of nitrogen functional groups attached to an aromatic ring is 1. The number of aryl methyl sites for hydroxylation is 1. The Hall–Kier alpha value is -0.980.